The zero-order valence-corrected chi connectivity index (χ0v) is 15.0. The summed E-state index contributed by atoms with van der Waals surface area (Å²) < 4.78 is 25.1. The fraction of sp³-hybridized carbons (Fsp3) is 0.400. The van der Waals surface area contributed by atoms with Crippen LogP contribution >= 0.6 is 24.4 Å². The van der Waals surface area contributed by atoms with Crippen molar-refractivity contribution in [3.63, 3.8) is 0 Å². The second kappa shape index (κ2) is 11.5. The van der Waals surface area contributed by atoms with E-state index in [-0.39, 0.29) is 13.5 Å². The molecule has 0 bridgehead atoms. The van der Waals surface area contributed by atoms with E-state index >= 15 is 0 Å². The lowest BCUT2D eigenvalue weighted by Crippen LogP contribution is -2.29. The van der Waals surface area contributed by atoms with Crippen LogP contribution in [0.1, 0.15) is 5.56 Å². The minimum absolute atomic E-state index is 0.121. The van der Waals surface area contributed by atoms with Gasteiger partial charge >= 0.3 is 16.9 Å². The zero-order valence-electron chi connectivity index (χ0n) is 11.4. The third-order valence-corrected chi connectivity index (χ3v) is 3.74. The van der Waals surface area contributed by atoms with Gasteiger partial charge in [0.15, 0.2) is 0 Å². The molecular weight excluding hydrogens is 371 g/mol. The maximum Gasteiger partial charge on any atom is 0.328 e. The number of hydrogen-bond donors (Lipinski definition) is 3. The molecule has 22 heavy (non-hydrogen) atoms. The van der Waals surface area contributed by atoms with Crippen LogP contribution in [0.4, 0.5) is 0 Å². The van der Waals surface area contributed by atoms with E-state index in [0.717, 1.165) is 5.56 Å². The van der Waals surface area contributed by atoms with Crippen molar-refractivity contribution >= 4 is 36.2 Å². The lowest BCUT2D eigenvalue weighted by Gasteiger charge is -2.21. The lowest BCUT2D eigenvalue weighted by molar-refractivity contribution is 0.0471. The summed E-state index contributed by atoms with van der Waals surface area (Å²) in [7, 11) is -5.14. The predicted molar refractivity (Wildman–Crippen MR) is 86.2 cm³/mol. The molecule has 0 amide bonds. The van der Waals surface area contributed by atoms with Gasteiger partial charge in [0.05, 0.1) is 0 Å². The molecule has 124 valence electrons. The van der Waals surface area contributed by atoms with Gasteiger partial charge in [-0.2, -0.15) is 0 Å². The Balaban J connectivity index is 2.49. The van der Waals surface area contributed by atoms with Gasteiger partial charge in [0.25, 0.3) is 0 Å². The first-order valence-corrected chi connectivity index (χ1v) is 10.2. The van der Waals surface area contributed by atoms with Crippen molar-refractivity contribution in [3.8, 4) is 5.75 Å². The lowest BCUT2D eigenvalue weighted by atomic mass is 10.1. The number of benzene rings is 1. The average Bonchev–Trinajstić information content (AvgIpc) is 2.48. The van der Waals surface area contributed by atoms with E-state index in [2.05, 4.69) is 16.3 Å². The molecular formula is C10H16NO7P3S. The van der Waals surface area contributed by atoms with Crippen LogP contribution in [0.15, 0.2) is 24.3 Å². The standard InChI is InChI=1S/C10H16NO7P3S/c12-20(13)16-7-11(8-17-21(14)15)6-5-9-1-3-10(4-2-9)18-19-22/h1-4,12-13,21H,5-8H2,(H,14,15). The van der Waals surface area contributed by atoms with Gasteiger partial charge in [0.2, 0.25) is 7.58 Å². The van der Waals surface area contributed by atoms with Crippen LogP contribution in [0, 0.1) is 0 Å². The normalized spacial score (nSPS) is 13.0. The van der Waals surface area contributed by atoms with Crippen LogP contribution in [0.25, 0.3) is 0 Å². The first-order valence-electron chi connectivity index (χ1n) is 5.98. The van der Waals surface area contributed by atoms with E-state index in [1.165, 1.54) is 4.90 Å². The maximum absolute atomic E-state index is 10.6. The van der Waals surface area contributed by atoms with Crippen LogP contribution in [-0.4, -0.2) is 39.6 Å². The predicted octanol–water partition coefficient (Wildman–Crippen LogP) is 1.77. The average molecular weight is 387 g/mol. The smallest absolute Gasteiger partial charge is 0.328 e. The molecule has 1 aromatic rings. The van der Waals surface area contributed by atoms with Gasteiger partial charge in [0.1, 0.15) is 19.2 Å². The summed E-state index contributed by atoms with van der Waals surface area (Å²) in [6.07, 6.45) is 0.611. The molecule has 1 unspecified atom stereocenters. The molecule has 3 N–H and O–H groups in total. The van der Waals surface area contributed by atoms with E-state index in [4.69, 9.17) is 23.7 Å². The fourth-order valence-corrected chi connectivity index (χ4v) is 2.52. The molecule has 0 saturated carbocycles. The molecule has 0 saturated heterocycles. The Kier molecular flexibility index (Phi) is 10.4. The Morgan fingerprint density at radius 1 is 1.27 bits per heavy atom. The SMILES string of the molecule is O=[PH](O)OCN(CCc1ccc(OP=S)cc1)COP(O)O. The van der Waals surface area contributed by atoms with Crippen LogP contribution < -0.4 is 4.52 Å². The van der Waals surface area contributed by atoms with Gasteiger partial charge in [-0.3, -0.25) is 18.5 Å². The van der Waals surface area contributed by atoms with Crippen LogP contribution in [0.2, 0.25) is 0 Å². The summed E-state index contributed by atoms with van der Waals surface area (Å²) in [5, 5.41) is 0. The highest BCUT2D eigenvalue weighted by Crippen LogP contribution is 2.25. The molecule has 0 spiro atoms. The highest BCUT2D eigenvalue weighted by molar-refractivity contribution is 7.94. The number of rotatable bonds is 11. The van der Waals surface area contributed by atoms with Crippen molar-refractivity contribution in [2.75, 3.05) is 20.0 Å². The molecule has 0 fully saturated rings. The molecule has 0 aliphatic heterocycles. The van der Waals surface area contributed by atoms with Crippen molar-refractivity contribution in [1.29, 1.82) is 0 Å². The Morgan fingerprint density at radius 2 is 1.95 bits per heavy atom. The van der Waals surface area contributed by atoms with E-state index in [9.17, 15) is 4.57 Å². The number of nitrogens with zero attached hydrogens (tertiary/aromatic N) is 1. The van der Waals surface area contributed by atoms with Crippen LogP contribution in [0.5, 0.6) is 5.75 Å². The highest BCUT2D eigenvalue weighted by Gasteiger charge is 2.10. The van der Waals surface area contributed by atoms with Gasteiger partial charge in [-0.25, -0.2) is 0 Å². The third kappa shape index (κ3) is 9.18. The minimum atomic E-state index is -3.06. The summed E-state index contributed by atoms with van der Waals surface area (Å²) in [4.78, 5) is 27.7. The molecule has 1 atom stereocenters. The third-order valence-electron chi connectivity index (χ3n) is 2.51. The second-order valence-electron chi connectivity index (χ2n) is 4.00. The quantitative estimate of drug-likeness (QED) is 0.387. The van der Waals surface area contributed by atoms with E-state index < -0.39 is 16.9 Å². The Bertz CT molecular complexity index is 476. The number of hydrogen-bond acceptors (Lipinski definition) is 8. The molecule has 1 aromatic carbocycles. The summed E-state index contributed by atoms with van der Waals surface area (Å²) in [6, 6.07) is 7.32. The van der Waals surface area contributed by atoms with E-state index in [1.807, 2.05) is 12.1 Å². The van der Waals surface area contributed by atoms with Gasteiger partial charge in [-0.1, -0.05) is 12.1 Å². The van der Waals surface area contributed by atoms with Crippen molar-refractivity contribution in [1.82, 2.24) is 4.90 Å². The topological polar surface area (TPSA) is 109 Å². The van der Waals surface area contributed by atoms with Crippen molar-refractivity contribution in [3.05, 3.63) is 29.8 Å². The summed E-state index contributed by atoms with van der Waals surface area (Å²) in [6.45, 7) is 0.176. The van der Waals surface area contributed by atoms with Gasteiger partial charge in [-0.05, 0) is 35.9 Å². The molecule has 0 aromatic heterocycles. The summed E-state index contributed by atoms with van der Waals surface area (Å²) >= 11 is 4.69. The maximum atomic E-state index is 10.6. The second-order valence-corrected chi connectivity index (χ2v) is 6.37. The Hall–Kier alpha value is -0.0400. The van der Waals surface area contributed by atoms with Crippen LogP contribution in [-0.2, 0) is 31.8 Å². The molecule has 0 radical (unpaired) electrons. The Labute approximate surface area is 136 Å². The molecule has 12 heteroatoms. The molecule has 0 aliphatic carbocycles. The highest BCUT2D eigenvalue weighted by atomic mass is 32.4. The van der Waals surface area contributed by atoms with Gasteiger partial charge in [-0.15, -0.1) is 0 Å². The summed E-state index contributed by atoms with van der Waals surface area (Å²) in [5.41, 5.74) is 1.00. The molecule has 0 heterocycles. The minimum Gasteiger partial charge on any atom is -0.429 e. The van der Waals surface area contributed by atoms with Crippen molar-refractivity contribution < 1.29 is 32.8 Å². The molecule has 1 rings (SSSR count). The van der Waals surface area contributed by atoms with E-state index in [0.29, 0.717) is 26.3 Å². The van der Waals surface area contributed by atoms with Gasteiger partial charge in [0, 0.05) is 6.54 Å². The molecule has 0 aliphatic rings. The monoisotopic (exact) mass is 387 g/mol. The van der Waals surface area contributed by atoms with Crippen molar-refractivity contribution in [2.24, 2.45) is 0 Å². The first-order chi connectivity index (χ1) is 10.5. The van der Waals surface area contributed by atoms with E-state index in [1.54, 1.807) is 12.1 Å². The van der Waals surface area contributed by atoms with Crippen LogP contribution in [0.3, 0.4) is 0 Å². The Morgan fingerprint density at radius 3 is 2.50 bits per heavy atom. The first kappa shape index (κ1) is 20.0. The van der Waals surface area contributed by atoms with Gasteiger partial charge < -0.3 is 19.2 Å². The zero-order chi connectivity index (χ0) is 16.4. The fourth-order valence-electron chi connectivity index (χ4n) is 1.49. The summed E-state index contributed by atoms with van der Waals surface area (Å²) in [5.74, 6) is 0.675. The molecule has 8 nitrogen and oxygen atoms in total. The largest absolute Gasteiger partial charge is 0.429 e. The van der Waals surface area contributed by atoms with Crippen molar-refractivity contribution in [2.45, 2.75) is 6.42 Å².